The van der Waals surface area contributed by atoms with Gasteiger partial charge in [-0.25, -0.2) is 4.79 Å². The summed E-state index contributed by atoms with van der Waals surface area (Å²) in [5, 5.41) is 20.4. The lowest BCUT2D eigenvalue weighted by atomic mass is 10.2. The second kappa shape index (κ2) is 6.88. The van der Waals surface area contributed by atoms with Gasteiger partial charge in [-0.1, -0.05) is 23.3 Å². The highest BCUT2D eigenvalue weighted by molar-refractivity contribution is 6.00. The lowest BCUT2D eigenvalue weighted by Gasteiger charge is -1.98. The van der Waals surface area contributed by atoms with Crippen LogP contribution < -0.4 is 0 Å². The Balaban J connectivity index is 0.000000217. The number of carboxylic acids is 1. The number of carbonyl (C=O) groups excluding carboxylic acids is 2. The summed E-state index contributed by atoms with van der Waals surface area (Å²) in [5.74, 6) is -2.11. The van der Waals surface area contributed by atoms with Crippen LogP contribution in [0.15, 0.2) is 29.4 Å². The largest absolute Gasteiger partial charge is 0.478 e. The van der Waals surface area contributed by atoms with E-state index in [4.69, 9.17) is 15.8 Å². The normalized spacial score (nSPS) is 13.3. The van der Waals surface area contributed by atoms with Crippen molar-refractivity contribution in [2.75, 3.05) is 0 Å². The molecule has 20 heavy (non-hydrogen) atoms. The van der Waals surface area contributed by atoms with Gasteiger partial charge in [-0.3, -0.25) is 14.8 Å². The maximum absolute atomic E-state index is 10.5. The van der Waals surface area contributed by atoms with Gasteiger partial charge in [-0.05, 0) is 11.6 Å². The first-order valence-corrected chi connectivity index (χ1v) is 5.39. The van der Waals surface area contributed by atoms with Crippen molar-refractivity contribution in [3.63, 3.8) is 0 Å². The Morgan fingerprint density at radius 3 is 2.20 bits per heavy atom. The molecule has 0 unspecified atom stereocenters. The number of hydrogen-bond acceptors (Lipinski definition) is 5. The molecule has 2 amide bonds. The molecular weight excluding hydrogens is 268 g/mol. The molecule has 104 valence electrons. The number of carbonyl (C=O) groups is 3. The van der Waals surface area contributed by atoms with Crippen LogP contribution in [0.2, 0.25) is 0 Å². The first-order valence-electron chi connectivity index (χ1n) is 5.39. The number of aromatic carboxylic acids is 1. The van der Waals surface area contributed by atoms with Crippen molar-refractivity contribution < 1.29 is 24.7 Å². The minimum Gasteiger partial charge on any atom is -0.478 e. The minimum atomic E-state index is -1.10. The standard InChI is InChI=1S/C7H5N3O2.C4H5NO3/c8-10-9-6-4-2-1-3-5(6)7(11)12;6-3-1-2-4(7)5(3)8/h1-4H,(H,11,12);8H,1-2H2. The maximum atomic E-state index is 10.5. The molecule has 2 rings (SSSR count). The SMILES string of the molecule is O=C1CCC(=O)N1O.[N-]=[N+]=Nc1ccccc1C(=O)O. The molecule has 0 atom stereocenters. The van der Waals surface area contributed by atoms with Crippen LogP contribution in [-0.2, 0) is 9.59 Å². The van der Waals surface area contributed by atoms with Gasteiger partial charge in [0.2, 0.25) is 0 Å². The van der Waals surface area contributed by atoms with Crippen molar-refractivity contribution in [3.8, 4) is 0 Å². The topological polar surface area (TPSA) is 144 Å². The summed E-state index contributed by atoms with van der Waals surface area (Å²) in [5.41, 5.74) is 8.23. The van der Waals surface area contributed by atoms with Crippen LogP contribution in [0.4, 0.5) is 5.69 Å². The smallest absolute Gasteiger partial charge is 0.336 e. The summed E-state index contributed by atoms with van der Waals surface area (Å²) in [7, 11) is 0. The van der Waals surface area contributed by atoms with E-state index in [9.17, 15) is 14.4 Å². The zero-order valence-electron chi connectivity index (χ0n) is 10.1. The molecule has 1 fully saturated rings. The number of benzene rings is 1. The fourth-order valence-corrected chi connectivity index (χ4v) is 1.35. The Morgan fingerprint density at radius 2 is 1.80 bits per heavy atom. The maximum Gasteiger partial charge on any atom is 0.336 e. The van der Waals surface area contributed by atoms with Gasteiger partial charge in [0, 0.05) is 17.8 Å². The highest BCUT2D eigenvalue weighted by atomic mass is 16.5. The van der Waals surface area contributed by atoms with Crippen molar-refractivity contribution in [1.29, 1.82) is 0 Å². The molecule has 1 saturated heterocycles. The molecule has 1 aromatic rings. The Kier molecular flexibility index (Phi) is 5.21. The fraction of sp³-hybridized carbons (Fsp3) is 0.182. The number of imide groups is 1. The average molecular weight is 278 g/mol. The number of amides is 2. The van der Waals surface area contributed by atoms with Crippen LogP contribution in [0.25, 0.3) is 10.4 Å². The molecular formula is C11H10N4O5. The third-order valence-corrected chi connectivity index (χ3v) is 2.31. The molecule has 1 heterocycles. The van der Waals surface area contributed by atoms with Crippen molar-refractivity contribution >= 4 is 23.5 Å². The van der Waals surface area contributed by atoms with Gasteiger partial charge in [0.05, 0.1) is 11.3 Å². The van der Waals surface area contributed by atoms with Crippen molar-refractivity contribution in [3.05, 3.63) is 40.3 Å². The van der Waals surface area contributed by atoms with E-state index in [2.05, 4.69) is 10.0 Å². The van der Waals surface area contributed by atoms with Gasteiger partial charge in [-0.2, -0.15) is 5.06 Å². The van der Waals surface area contributed by atoms with Crippen molar-refractivity contribution in [2.24, 2.45) is 5.11 Å². The monoisotopic (exact) mass is 278 g/mol. The zero-order chi connectivity index (χ0) is 15.1. The molecule has 0 aromatic heterocycles. The van der Waals surface area contributed by atoms with Crippen LogP contribution in [0.5, 0.6) is 0 Å². The first-order chi connectivity index (χ1) is 9.47. The Morgan fingerprint density at radius 1 is 1.25 bits per heavy atom. The van der Waals surface area contributed by atoms with E-state index in [1.165, 1.54) is 12.1 Å². The van der Waals surface area contributed by atoms with Crippen LogP contribution in [0, 0.1) is 0 Å². The average Bonchev–Trinajstić information content (AvgIpc) is 2.72. The van der Waals surface area contributed by atoms with Gasteiger partial charge < -0.3 is 5.11 Å². The molecule has 1 aliphatic heterocycles. The third-order valence-electron chi connectivity index (χ3n) is 2.31. The van der Waals surface area contributed by atoms with Crippen molar-refractivity contribution in [2.45, 2.75) is 12.8 Å². The molecule has 1 aliphatic rings. The Bertz CT molecular complexity index is 557. The minimum absolute atomic E-state index is 0.00954. The zero-order valence-corrected chi connectivity index (χ0v) is 10.1. The van der Waals surface area contributed by atoms with Crippen molar-refractivity contribution in [1.82, 2.24) is 5.06 Å². The Labute approximate surface area is 112 Å². The number of rotatable bonds is 2. The summed E-state index contributed by atoms with van der Waals surface area (Å²) in [6.07, 6.45) is 0.296. The fourth-order valence-electron chi connectivity index (χ4n) is 1.35. The van der Waals surface area contributed by atoms with E-state index in [-0.39, 0.29) is 29.2 Å². The Hall–Kier alpha value is -2.90. The first kappa shape index (κ1) is 15.2. The second-order valence-corrected chi connectivity index (χ2v) is 3.61. The molecule has 2 N–H and O–H groups in total. The molecule has 0 bridgehead atoms. The van der Waals surface area contributed by atoms with E-state index in [1.54, 1.807) is 12.1 Å². The summed E-state index contributed by atoms with van der Waals surface area (Å²) in [4.78, 5) is 33.5. The molecule has 0 radical (unpaired) electrons. The summed E-state index contributed by atoms with van der Waals surface area (Å²) in [6, 6.07) is 6.01. The second-order valence-electron chi connectivity index (χ2n) is 3.61. The molecule has 9 nitrogen and oxygen atoms in total. The quantitative estimate of drug-likeness (QED) is 0.279. The van der Waals surface area contributed by atoms with E-state index in [1.807, 2.05) is 0 Å². The number of hydroxylamine groups is 2. The van der Waals surface area contributed by atoms with Crippen LogP contribution in [0.3, 0.4) is 0 Å². The van der Waals surface area contributed by atoms with Gasteiger partial charge in [0.25, 0.3) is 11.8 Å². The van der Waals surface area contributed by atoms with Crippen LogP contribution in [-0.4, -0.2) is 33.2 Å². The summed E-state index contributed by atoms with van der Waals surface area (Å²) >= 11 is 0. The number of azide groups is 1. The van der Waals surface area contributed by atoms with Gasteiger partial charge in [0.15, 0.2) is 0 Å². The number of hydrogen-bond donors (Lipinski definition) is 2. The third kappa shape index (κ3) is 3.80. The van der Waals surface area contributed by atoms with E-state index >= 15 is 0 Å². The molecule has 0 saturated carbocycles. The van der Waals surface area contributed by atoms with Gasteiger partial charge in [0.1, 0.15) is 0 Å². The van der Waals surface area contributed by atoms with Crippen LogP contribution in [0.1, 0.15) is 23.2 Å². The molecule has 9 heteroatoms. The van der Waals surface area contributed by atoms with E-state index < -0.39 is 17.8 Å². The summed E-state index contributed by atoms with van der Waals surface area (Å²) in [6.45, 7) is 0. The van der Waals surface area contributed by atoms with Gasteiger partial charge >= 0.3 is 5.97 Å². The lowest BCUT2D eigenvalue weighted by Crippen LogP contribution is -2.24. The highest BCUT2D eigenvalue weighted by Gasteiger charge is 2.26. The predicted molar refractivity (Wildman–Crippen MR) is 65.1 cm³/mol. The lowest BCUT2D eigenvalue weighted by molar-refractivity contribution is -0.171. The predicted octanol–water partition coefficient (Wildman–Crippen LogP) is 1.85. The van der Waals surface area contributed by atoms with Crippen LogP contribution >= 0.6 is 0 Å². The van der Waals surface area contributed by atoms with Gasteiger partial charge in [-0.15, -0.1) is 0 Å². The van der Waals surface area contributed by atoms with E-state index in [0.29, 0.717) is 0 Å². The molecule has 1 aromatic carbocycles. The summed E-state index contributed by atoms with van der Waals surface area (Å²) < 4.78 is 0. The highest BCUT2D eigenvalue weighted by Crippen LogP contribution is 2.18. The molecule has 0 aliphatic carbocycles. The van der Waals surface area contributed by atoms with E-state index in [0.717, 1.165) is 0 Å². The molecule has 0 spiro atoms. The number of nitrogens with zero attached hydrogens (tertiary/aromatic N) is 4. The number of carboxylic acid groups (broad SMARTS) is 1.